The monoisotopic (exact) mass is 367 g/mol. The van der Waals surface area contributed by atoms with Gasteiger partial charge in [0.25, 0.3) is 0 Å². The minimum atomic E-state index is -0.200. The van der Waals surface area contributed by atoms with Crippen molar-refractivity contribution in [2.45, 2.75) is 16.5 Å². The average Bonchev–Trinajstić information content (AvgIpc) is 2.80. The summed E-state index contributed by atoms with van der Waals surface area (Å²) in [4.78, 5) is 20.2. The van der Waals surface area contributed by atoms with Gasteiger partial charge in [0.1, 0.15) is 5.03 Å². The van der Waals surface area contributed by atoms with Crippen LogP contribution in [0.3, 0.4) is 0 Å². The fourth-order valence-corrected chi connectivity index (χ4v) is 3.81. The molecule has 1 aromatic heterocycles. The molecule has 1 aliphatic heterocycles. The quantitative estimate of drug-likeness (QED) is 0.623. The molecule has 1 N–H and O–H groups in total. The molecule has 4 rings (SSSR count). The first-order valence-corrected chi connectivity index (χ1v) is 8.95. The number of fused-ring (bicyclic) bond motifs is 2. The van der Waals surface area contributed by atoms with Crippen LogP contribution in [0.1, 0.15) is 5.56 Å². The Morgan fingerprint density at radius 1 is 1.08 bits per heavy atom. The van der Waals surface area contributed by atoms with Crippen molar-refractivity contribution in [2.24, 2.45) is 0 Å². The third kappa shape index (κ3) is 3.34. The average molecular weight is 368 g/mol. The second-order valence-electron chi connectivity index (χ2n) is 5.56. The standard InChI is InChI=1S/C19H14ClN3OS/c20-14-7-9-15(10-8-14)22-19(24)23-12-13-4-1-2-6-17(13)25-18-16(23)5-3-11-21-18/h1-11H,12H2,(H,22,24). The Morgan fingerprint density at radius 2 is 1.88 bits per heavy atom. The Balaban J connectivity index is 1.69. The number of benzene rings is 2. The molecule has 0 fully saturated rings. The largest absolute Gasteiger partial charge is 0.326 e. The lowest BCUT2D eigenvalue weighted by Crippen LogP contribution is -2.34. The van der Waals surface area contributed by atoms with E-state index < -0.39 is 0 Å². The second-order valence-corrected chi connectivity index (χ2v) is 7.03. The lowest BCUT2D eigenvalue weighted by molar-refractivity contribution is 0.256. The Bertz CT molecular complexity index is 930. The van der Waals surface area contributed by atoms with Gasteiger partial charge in [0.2, 0.25) is 0 Å². The first kappa shape index (κ1) is 16.0. The molecule has 0 bridgehead atoms. The SMILES string of the molecule is O=C(Nc1ccc(Cl)cc1)N1Cc2ccccc2Sc2ncccc21. The number of rotatable bonds is 1. The van der Waals surface area contributed by atoms with Crippen LogP contribution >= 0.6 is 23.4 Å². The number of carbonyl (C=O) groups is 1. The summed E-state index contributed by atoms with van der Waals surface area (Å²) < 4.78 is 0. The van der Waals surface area contributed by atoms with Crippen LogP contribution in [0.15, 0.2) is 76.8 Å². The summed E-state index contributed by atoms with van der Waals surface area (Å²) in [5.74, 6) is 0. The third-order valence-corrected chi connectivity index (χ3v) is 5.27. The Morgan fingerprint density at radius 3 is 2.72 bits per heavy atom. The summed E-state index contributed by atoms with van der Waals surface area (Å²) in [6.45, 7) is 0.487. The maximum atomic E-state index is 12.9. The van der Waals surface area contributed by atoms with E-state index in [-0.39, 0.29) is 6.03 Å². The molecule has 4 nitrogen and oxygen atoms in total. The zero-order chi connectivity index (χ0) is 17.2. The molecule has 6 heteroatoms. The molecule has 2 aromatic carbocycles. The number of anilines is 2. The van der Waals surface area contributed by atoms with Gasteiger partial charge in [-0.3, -0.25) is 4.90 Å². The molecule has 0 spiro atoms. The number of amides is 2. The van der Waals surface area contributed by atoms with E-state index in [1.807, 2.05) is 30.3 Å². The van der Waals surface area contributed by atoms with Crippen LogP contribution in [-0.4, -0.2) is 11.0 Å². The number of pyridine rings is 1. The van der Waals surface area contributed by atoms with Crippen molar-refractivity contribution in [2.75, 3.05) is 10.2 Å². The van der Waals surface area contributed by atoms with Gasteiger partial charge in [0, 0.05) is 21.8 Å². The van der Waals surface area contributed by atoms with E-state index in [0.29, 0.717) is 17.3 Å². The van der Waals surface area contributed by atoms with Gasteiger partial charge in [-0.25, -0.2) is 9.78 Å². The van der Waals surface area contributed by atoms with Crippen molar-refractivity contribution in [1.29, 1.82) is 0 Å². The number of carbonyl (C=O) groups excluding carboxylic acids is 1. The zero-order valence-electron chi connectivity index (χ0n) is 13.1. The zero-order valence-corrected chi connectivity index (χ0v) is 14.7. The number of nitrogens with zero attached hydrogens (tertiary/aromatic N) is 2. The van der Waals surface area contributed by atoms with Gasteiger partial charge in [-0.2, -0.15) is 0 Å². The summed E-state index contributed by atoms with van der Waals surface area (Å²) in [5, 5.41) is 4.38. The molecule has 0 atom stereocenters. The number of nitrogens with one attached hydrogen (secondary N) is 1. The van der Waals surface area contributed by atoms with Gasteiger partial charge >= 0.3 is 6.03 Å². The minimum Gasteiger partial charge on any atom is -0.308 e. The molecule has 0 aliphatic carbocycles. The van der Waals surface area contributed by atoms with Crippen LogP contribution in [0.25, 0.3) is 0 Å². The van der Waals surface area contributed by atoms with Gasteiger partial charge in [0.05, 0.1) is 12.2 Å². The van der Waals surface area contributed by atoms with Crippen LogP contribution in [0.4, 0.5) is 16.2 Å². The Hall–Kier alpha value is -2.50. The molecule has 124 valence electrons. The Labute approximate surface area is 154 Å². The van der Waals surface area contributed by atoms with E-state index in [4.69, 9.17) is 11.6 Å². The highest BCUT2D eigenvalue weighted by Gasteiger charge is 2.25. The van der Waals surface area contributed by atoms with Gasteiger partial charge in [0.15, 0.2) is 0 Å². The smallest absolute Gasteiger partial charge is 0.308 e. The minimum absolute atomic E-state index is 0.200. The van der Waals surface area contributed by atoms with E-state index in [1.165, 1.54) is 0 Å². The molecule has 0 saturated heterocycles. The van der Waals surface area contributed by atoms with Crippen LogP contribution in [-0.2, 0) is 6.54 Å². The lowest BCUT2D eigenvalue weighted by atomic mass is 10.2. The van der Waals surface area contributed by atoms with Crippen molar-refractivity contribution in [3.63, 3.8) is 0 Å². The fraction of sp³-hybridized carbons (Fsp3) is 0.0526. The summed E-state index contributed by atoms with van der Waals surface area (Å²) in [7, 11) is 0. The van der Waals surface area contributed by atoms with Crippen molar-refractivity contribution < 1.29 is 4.79 Å². The highest BCUT2D eigenvalue weighted by Crippen LogP contribution is 2.39. The maximum Gasteiger partial charge on any atom is 0.326 e. The summed E-state index contributed by atoms with van der Waals surface area (Å²) >= 11 is 7.49. The fourth-order valence-electron chi connectivity index (χ4n) is 2.67. The first-order chi connectivity index (χ1) is 12.2. The lowest BCUT2D eigenvalue weighted by Gasteiger charge is -2.22. The van der Waals surface area contributed by atoms with Crippen molar-refractivity contribution >= 4 is 40.8 Å². The normalized spacial score (nSPS) is 12.8. The molecular weight excluding hydrogens is 354 g/mol. The van der Waals surface area contributed by atoms with Crippen LogP contribution < -0.4 is 10.2 Å². The second kappa shape index (κ2) is 6.78. The number of aromatic nitrogens is 1. The van der Waals surface area contributed by atoms with Crippen molar-refractivity contribution in [3.8, 4) is 0 Å². The number of hydrogen-bond donors (Lipinski definition) is 1. The Kier molecular flexibility index (Phi) is 4.34. The molecule has 0 saturated carbocycles. The van der Waals surface area contributed by atoms with E-state index in [9.17, 15) is 4.79 Å². The molecular formula is C19H14ClN3OS. The van der Waals surface area contributed by atoms with Crippen molar-refractivity contribution in [1.82, 2.24) is 4.98 Å². The van der Waals surface area contributed by atoms with E-state index in [1.54, 1.807) is 47.1 Å². The maximum absolute atomic E-state index is 12.9. The van der Waals surface area contributed by atoms with Crippen molar-refractivity contribution in [3.05, 3.63) is 77.4 Å². The van der Waals surface area contributed by atoms with Crippen LogP contribution in [0, 0.1) is 0 Å². The summed E-state index contributed by atoms with van der Waals surface area (Å²) in [6.07, 6.45) is 1.75. The molecule has 0 radical (unpaired) electrons. The molecule has 0 unspecified atom stereocenters. The summed E-state index contributed by atoms with van der Waals surface area (Å²) in [6, 6.07) is 18.7. The van der Waals surface area contributed by atoms with E-state index in [0.717, 1.165) is 21.2 Å². The van der Waals surface area contributed by atoms with Gasteiger partial charge in [-0.05, 0) is 48.0 Å². The summed E-state index contributed by atoms with van der Waals surface area (Å²) in [5.41, 5.74) is 2.59. The van der Waals surface area contributed by atoms with Crippen LogP contribution in [0.5, 0.6) is 0 Å². The number of halogens is 1. The number of hydrogen-bond acceptors (Lipinski definition) is 3. The third-order valence-electron chi connectivity index (χ3n) is 3.89. The predicted octanol–water partition coefficient (Wildman–Crippen LogP) is 5.44. The predicted molar refractivity (Wildman–Crippen MR) is 101 cm³/mol. The van der Waals surface area contributed by atoms with Crippen LogP contribution in [0.2, 0.25) is 5.02 Å². The molecule has 2 heterocycles. The van der Waals surface area contributed by atoms with Gasteiger partial charge in [-0.15, -0.1) is 0 Å². The molecule has 25 heavy (non-hydrogen) atoms. The van der Waals surface area contributed by atoms with E-state index >= 15 is 0 Å². The topological polar surface area (TPSA) is 45.2 Å². The molecule has 1 aliphatic rings. The number of urea groups is 1. The van der Waals surface area contributed by atoms with Gasteiger partial charge < -0.3 is 5.32 Å². The van der Waals surface area contributed by atoms with E-state index in [2.05, 4.69) is 16.4 Å². The first-order valence-electron chi connectivity index (χ1n) is 7.75. The molecule has 3 aromatic rings. The molecule has 2 amide bonds. The highest BCUT2D eigenvalue weighted by atomic mass is 35.5. The highest BCUT2D eigenvalue weighted by molar-refractivity contribution is 7.99. The van der Waals surface area contributed by atoms with Gasteiger partial charge in [-0.1, -0.05) is 41.6 Å².